The van der Waals surface area contributed by atoms with Gasteiger partial charge in [-0.05, 0) is 12.1 Å². The summed E-state index contributed by atoms with van der Waals surface area (Å²) in [5, 5.41) is 12.4. The number of para-hydroxylation sites is 1. The van der Waals surface area contributed by atoms with E-state index in [1.54, 1.807) is 0 Å². The van der Waals surface area contributed by atoms with Gasteiger partial charge in [-0.15, -0.1) is 0 Å². The van der Waals surface area contributed by atoms with Crippen molar-refractivity contribution in [2.45, 2.75) is 13.0 Å². The Kier molecular flexibility index (Phi) is 3.50. The zero-order valence-corrected chi connectivity index (χ0v) is 8.67. The molecule has 2 aromatic rings. The topological polar surface area (TPSA) is 68.4 Å². The zero-order valence-electron chi connectivity index (χ0n) is 8.67. The van der Waals surface area contributed by atoms with E-state index in [4.69, 9.17) is 14.4 Å². The minimum Gasteiger partial charge on any atom is -0.493 e. The first-order valence-electron chi connectivity index (χ1n) is 4.98. The molecule has 0 saturated heterocycles. The van der Waals surface area contributed by atoms with Crippen LogP contribution in [0.2, 0.25) is 0 Å². The molecule has 5 heteroatoms. The van der Waals surface area contributed by atoms with E-state index in [2.05, 4.69) is 10.1 Å². The van der Waals surface area contributed by atoms with Crippen LogP contribution in [-0.4, -0.2) is 21.9 Å². The van der Waals surface area contributed by atoms with Gasteiger partial charge in [-0.3, -0.25) is 0 Å². The third-order valence-electron chi connectivity index (χ3n) is 1.98. The average molecular weight is 220 g/mol. The molecular weight excluding hydrogens is 208 g/mol. The molecule has 0 fully saturated rings. The minimum atomic E-state index is -0.230. The third-order valence-corrected chi connectivity index (χ3v) is 1.98. The lowest BCUT2D eigenvalue weighted by Gasteiger charge is -2.02. The summed E-state index contributed by atoms with van der Waals surface area (Å²) < 4.78 is 10.2. The molecule has 0 atom stereocenters. The molecule has 0 bridgehead atoms. The lowest BCUT2D eigenvalue weighted by atomic mass is 10.3. The standard InChI is InChI=1S/C11H12N2O3/c14-8-11-12-10(13-16-11)6-7-15-9-4-2-1-3-5-9/h1-5,14H,6-8H2. The van der Waals surface area contributed by atoms with Gasteiger partial charge >= 0.3 is 0 Å². The van der Waals surface area contributed by atoms with Crippen LogP contribution in [0.4, 0.5) is 0 Å². The van der Waals surface area contributed by atoms with Crippen molar-refractivity contribution < 1.29 is 14.4 Å². The largest absolute Gasteiger partial charge is 0.493 e. The molecule has 0 amide bonds. The Morgan fingerprint density at radius 3 is 2.75 bits per heavy atom. The molecule has 1 heterocycles. The first kappa shape index (κ1) is 10.6. The summed E-state index contributed by atoms with van der Waals surface area (Å²) in [5.74, 6) is 1.59. The predicted octanol–water partition coefficient (Wildman–Crippen LogP) is 1.18. The van der Waals surface area contributed by atoms with E-state index >= 15 is 0 Å². The first-order valence-corrected chi connectivity index (χ1v) is 4.98. The van der Waals surface area contributed by atoms with Crippen molar-refractivity contribution in [2.75, 3.05) is 6.61 Å². The normalized spacial score (nSPS) is 10.3. The maximum atomic E-state index is 8.73. The molecule has 0 aliphatic carbocycles. The monoisotopic (exact) mass is 220 g/mol. The number of nitrogens with zero attached hydrogens (tertiary/aromatic N) is 2. The third kappa shape index (κ3) is 2.80. The van der Waals surface area contributed by atoms with Crippen LogP contribution in [0.25, 0.3) is 0 Å². The summed E-state index contributed by atoms with van der Waals surface area (Å²) in [4.78, 5) is 3.95. The molecule has 0 radical (unpaired) electrons. The van der Waals surface area contributed by atoms with E-state index in [0.29, 0.717) is 18.9 Å². The van der Waals surface area contributed by atoms with Gasteiger partial charge in [0.2, 0.25) is 0 Å². The van der Waals surface area contributed by atoms with E-state index in [1.807, 2.05) is 30.3 Å². The second-order valence-electron chi connectivity index (χ2n) is 3.17. The van der Waals surface area contributed by atoms with E-state index in [-0.39, 0.29) is 12.5 Å². The maximum Gasteiger partial charge on any atom is 0.252 e. The van der Waals surface area contributed by atoms with Crippen LogP contribution in [0, 0.1) is 0 Å². The van der Waals surface area contributed by atoms with Crippen LogP contribution in [0.5, 0.6) is 5.75 Å². The number of aromatic nitrogens is 2. The molecule has 0 aliphatic rings. The Morgan fingerprint density at radius 2 is 2.06 bits per heavy atom. The number of rotatable bonds is 5. The predicted molar refractivity (Wildman–Crippen MR) is 55.9 cm³/mol. The van der Waals surface area contributed by atoms with Gasteiger partial charge in [0, 0.05) is 6.42 Å². The molecule has 16 heavy (non-hydrogen) atoms. The molecule has 2 rings (SSSR count). The zero-order chi connectivity index (χ0) is 11.2. The molecule has 1 N–H and O–H groups in total. The molecule has 84 valence electrons. The van der Waals surface area contributed by atoms with E-state index in [0.717, 1.165) is 5.75 Å². The van der Waals surface area contributed by atoms with Gasteiger partial charge < -0.3 is 14.4 Å². The van der Waals surface area contributed by atoms with Crippen LogP contribution in [-0.2, 0) is 13.0 Å². The van der Waals surface area contributed by atoms with Crippen LogP contribution in [0.15, 0.2) is 34.9 Å². The Bertz CT molecular complexity index is 428. The smallest absolute Gasteiger partial charge is 0.252 e. The summed E-state index contributed by atoms with van der Waals surface area (Å²) in [6.45, 7) is 0.251. The second kappa shape index (κ2) is 5.27. The maximum absolute atomic E-state index is 8.73. The number of aliphatic hydroxyl groups excluding tert-OH is 1. The number of hydrogen-bond donors (Lipinski definition) is 1. The van der Waals surface area contributed by atoms with Crippen LogP contribution in [0.1, 0.15) is 11.7 Å². The Hall–Kier alpha value is -1.88. The van der Waals surface area contributed by atoms with Gasteiger partial charge in [0.1, 0.15) is 12.4 Å². The first-order chi connectivity index (χ1) is 7.88. The Balaban J connectivity index is 1.80. The molecule has 5 nitrogen and oxygen atoms in total. The number of hydrogen-bond acceptors (Lipinski definition) is 5. The quantitative estimate of drug-likeness (QED) is 0.819. The van der Waals surface area contributed by atoms with Crippen molar-refractivity contribution in [1.82, 2.24) is 10.1 Å². The van der Waals surface area contributed by atoms with Gasteiger partial charge in [0.05, 0.1) is 6.61 Å². The van der Waals surface area contributed by atoms with E-state index in [1.165, 1.54) is 0 Å². The summed E-state index contributed by atoms with van der Waals surface area (Å²) in [7, 11) is 0. The van der Waals surface area contributed by atoms with Crippen molar-refractivity contribution in [3.63, 3.8) is 0 Å². The lowest BCUT2D eigenvalue weighted by molar-refractivity contribution is 0.222. The van der Waals surface area contributed by atoms with Crippen LogP contribution in [0.3, 0.4) is 0 Å². The van der Waals surface area contributed by atoms with Crippen LogP contribution < -0.4 is 4.74 Å². The van der Waals surface area contributed by atoms with Crippen molar-refractivity contribution in [2.24, 2.45) is 0 Å². The summed E-state index contributed by atoms with van der Waals surface area (Å²) in [6.07, 6.45) is 0.554. The molecule has 0 unspecified atom stereocenters. The highest BCUT2D eigenvalue weighted by Gasteiger charge is 2.04. The molecular formula is C11H12N2O3. The van der Waals surface area contributed by atoms with Gasteiger partial charge in [0.15, 0.2) is 5.82 Å². The number of benzene rings is 1. The fourth-order valence-electron chi connectivity index (χ4n) is 1.23. The highest BCUT2D eigenvalue weighted by atomic mass is 16.5. The van der Waals surface area contributed by atoms with Crippen molar-refractivity contribution in [1.29, 1.82) is 0 Å². The number of aliphatic hydroxyl groups is 1. The van der Waals surface area contributed by atoms with Gasteiger partial charge in [-0.1, -0.05) is 23.4 Å². The Morgan fingerprint density at radius 1 is 1.25 bits per heavy atom. The minimum absolute atomic E-state index is 0.230. The lowest BCUT2D eigenvalue weighted by Crippen LogP contribution is -2.02. The molecule has 0 aliphatic heterocycles. The van der Waals surface area contributed by atoms with Gasteiger partial charge in [0.25, 0.3) is 5.89 Å². The summed E-state index contributed by atoms with van der Waals surface area (Å²) in [6, 6.07) is 9.52. The SMILES string of the molecule is OCc1nc(CCOc2ccccc2)no1. The molecule has 0 spiro atoms. The summed E-state index contributed by atoms with van der Waals surface area (Å²) in [5.41, 5.74) is 0. The van der Waals surface area contributed by atoms with E-state index < -0.39 is 0 Å². The van der Waals surface area contributed by atoms with Gasteiger partial charge in [-0.2, -0.15) is 4.98 Å². The highest BCUT2D eigenvalue weighted by Crippen LogP contribution is 2.08. The fraction of sp³-hybridized carbons (Fsp3) is 0.273. The second-order valence-corrected chi connectivity index (χ2v) is 3.17. The average Bonchev–Trinajstić information content (AvgIpc) is 2.78. The van der Waals surface area contributed by atoms with Gasteiger partial charge in [-0.25, -0.2) is 0 Å². The highest BCUT2D eigenvalue weighted by molar-refractivity contribution is 5.20. The summed E-state index contributed by atoms with van der Waals surface area (Å²) >= 11 is 0. The molecule has 1 aromatic carbocycles. The van der Waals surface area contributed by atoms with E-state index in [9.17, 15) is 0 Å². The van der Waals surface area contributed by atoms with Crippen molar-refractivity contribution in [3.8, 4) is 5.75 Å². The Labute approximate surface area is 92.7 Å². The van der Waals surface area contributed by atoms with Crippen molar-refractivity contribution >= 4 is 0 Å². The number of ether oxygens (including phenoxy) is 1. The van der Waals surface area contributed by atoms with Crippen LogP contribution >= 0.6 is 0 Å². The molecule has 0 saturated carbocycles. The van der Waals surface area contributed by atoms with Crippen molar-refractivity contribution in [3.05, 3.63) is 42.0 Å². The fourth-order valence-corrected chi connectivity index (χ4v) is 1.23. The molecule has 1 aromatic heterocycles.